The number of Topliss-reactive ketones (excluding diaryl/α,β-unsaturated/α-hetero) is 1. The van der Waals surface area contributed by atoms with Gasteiger partial charge in [0, 0.05) is 24.2 Å². The minimum atomic E-state index is -0.0865. The van der Waals surface area contributed by atoms with Crippen molar-refractivity contribution < 1.29 is 14.3 Å². The molecule has 2 fully saturated rings. The minimum absolute atomic E-state index is 0.0865. The molecule has 1 aromatic carbocycles. The molecule has 3 rings (SSSR count). The molecule has 0 aromatic heterocycles. The van der Waals surface area contributed by atoms with Gasteiger partial charge in [0.2, 0.25) is 0 Å². The molecule has 2 aliphatic heterocycles. The fourth-order valence-corrected chi connectivity index (χ4v) is 3.63. The molecule has 0 N–H and O–H groups in total. The van der Waals surface area contributed by atoms with Gasteiger partial charge in [0.05, 0.1) is 25.0 Å². The molecule has 23 heavy (non-hydrogen) atoms. The largest absolute Gasteiger partial charge is 0.494 e. The van der Waals surface area contributed by atoms with Gasteiger partial charge in [0.25, 0.3) is 0 Å². The molecule has 2 atom stereocenters. The minimum Gasteiger partial charge on any atom is -0.494 e. The summed E-state index contributed by atoms with van der Waals surface area (Å²) in [6, 6.07) is 3.97. The van der Waals surface area contributed by atoms with Crippen molar-refractivity contribution in [1.82, 2.24) is 0 Å². The van der Waals surface area contributed by atoms with E-state index in [1.54, 1.807) is 14.0 Å². The highest BCUT2D eigenvalue weighted by molar-refractivity contribution is 5.96. The summed E-state index contributed by atoms with van der Waals surface area (Å²) in [5.74, 6) is 0.986. The summed E-state index contributed by atoms with van der Waals surface area (Å²) in [6.45, 7) is 9.83. The van der Waals surface area contributed by atoms with Crippen LogP contribution in [0.1, 0.15) is 56.5 Å². The van der Waals surface area contributed by atoms with E-state index in [1.165, 1.54) is 0 Å². The molecule has 2 aliphatic rings. The lowest BCUT2D eigenvalue weighted by Crippen LogP contribution is -2.43. The number of hydrogen-bond donors (Lipinski definition) is 0. The van der Waals surface area contributed by atoms with E-state index >= 15 is 0 Å². The number of ether oxygens (including phenoxy) is 2. The molecule has 0 aliphatic carbocycles. The lowest BCUT2D eigenvalue weighted by molar-refractivity contribution is 0.0303. The number of rotatable bonds is 3. The van der Waals surface area contributed by atoms with E-state index in [2.05, 4.69) is 25.7 Å². The Kier molecular flexibility index (Phi) is 4.13. The maximum atomic E-state index is 12.0. The molecular weight excluding hydrogens is 290 g/mol. The van der Waals surface area contributed by atoms with E-state index in [4.69, 9.17) is 9.47 Å². The van der Waals surface area contributed by atoms with Gasteiger partial charge in [-0.05, 0) is 37.3 Å². The third-order valence-corrected chi connectivity index (χ3v) is 4.87. The maximum absolute atomic E-state index is 12.0. The van der Waals surface area contributed by atoms with E-state index < -0.39 is 0 Å². The van der Waals surface area contributed by atoms with Gasteiger partial charge >= 0.3 is 0 Å². The van der Waals surface area contributed by atoms with E-state index in [1.807, 2.05) is 12.1 Å². The number of nitrogens with zero attached hydrogens (tertiary/aromatic N) is 1. The highest BCUT2D eigenvalue weighted by Gasteiger charge is 2.36. The molecular formula is C19H27NO3. The average Bonchev–Trinajstić information content (AvgIpc) is 2.83. The number of ketones is 1. The van der Waals surface area contributed by atoms with E-state index in [0.29, 0.717) is 12.2 Å². The van der Waals surface area contributed by atoms with Gasteiger partial charge in [-0.15, -0.1) is 0 Å². The number of fused-ring (bicyclic) bond motifs is 2. The van der Waals surface area contributed by atoms with Crippen molar-refractivity contribution >= 4 is 11.5 Å². The SMILES string of the molecule is COc1c(N2CC3CC[C@H](C2)O3)cc(C(C)=O)cc1C(C)(C)C. The molecule has 4 heteroatoms. The summed E-state index contributed by atoms with van der Waals surface area (Å²) in [6.07, 6.45) is 2.86. The topological polar surface area (TPSA) is 38.8 Å². The van der Waals surface area contributed by atoms with Gasteiger partial charge in [-0.1, -0.05) is 20.8 Å². The first-order valence-corrected chi connectivity index (χ1v) is 8.43. The quantitative estimate of drug-likeness (QED) is 0.799. The third kappa shape index (κ3) is 3.09. The van der Waals surface area contributed by atoms with Crippen LogP contribution >= 0.6 is 0 Å². The van der Waals surface area contributed by atoms with Gasteiger partial charge in [-0.25, -0.2) is 0 Å². The second kappa shape index (κ2) is 5.82. The molecule has 2 saturated heterocycles. The summed E-state index contributed by atoms with van der Waals surface area (Å²) in [5, 5.41) is 0. The van der Waals surface area contributed by atoms with Crippen molar-refractivity contribution in [2.75, 3.05) is 25.1 Å². The number of hydrogen-bond acceptors (Lipinski definition) is 4. The summed E-state index contributed by atoms with van der Waals surface area (Å²) in [5.41, 5.74) is 2.79. The highest BCUT2D eigenvalue weighted by Crippen LogP contribution is 2.42. The Labute approximate surface area is 138 Å². The molecule has 0 amide bonds. The van der Waals surface area contributed by atoms with Crippen LogP contribution in [0.2, 0.25) is 0 Å². The van der Waals surface area contributed by atoms with Gasteiger partial charge in [0.15, 0.2) is 5.78 Å². The maximum Gasteiger partial charge on any atom is 0.159 e. The molecule has 0 radical (unpaired) electrons. The van der Waals surface area contributed by atoms with Gasteiger partial charge in [-0.3, -0.25) is 4.79 Å². The number of morpholine rings is 1. The molecule has 4 nitrogen and oxygen atoms in total. The second-order valence-electron chi connectivity index (χ2n) is 7.74. The van der Waals surface area contributed by atoms with Crippen LogP contribution in [-0.4, -0.2) is 38.2 Å². The van der Waals surface area contributed by atoms with Gasteiger partial charge < -0.3 is 14.4 Å². The van der Waals surface area contributed by atoms with Crippen LogP contribution in [0.3, 0.4) is 0 Å². The predicted octanol–water partition coefficient (Wildman–Crippen LogP) is 3.56. The van der Waals surface area contributed by atoms with Crippen LogP contribution in [0.25, 0.3) is 0 Å². The number of carbonyl (C=O) groups excluding carboxylic acids is 1. The summed E-state index contributed by atoms with van der Waals surface area (Å²) in [4.78, 5) is 14.4. The van der Waals surface area contributed by atoms with Crippen LogP contribution in [-0.2, 0) is 10.2 Å². The van der Waals surface area contributed by atoms with Crippen molar-refractivity contribution in [2.45, 2.75) is 58.2 Å². The summed E-state index contributed by atoms with van der Waals surface area (Å²) in [7, 11) is 1.72. The number of anilines is 1. The Morgan fingerprint density at radius 3 is 2.30 bits per heavy atom. The molecule has 2 bridgehead atoms. The van der Waals surface area contributed by atoms with E-state index in [9.17, 15) is 4.79 Å². The van der Waals surface area contributed by atoms with Crippen LogP contribution in [0, 0.1) is 0 Å². The predicted molar refractivity (Wildman–Crippen MR) is 91.8 cm³/mol. The van der Waals surface area contributed by atoms with Crippen LogP contribution in [0.4, 0.5) is 5.69 Å². The molecule has 1 aromatic rings. The Morgan fingerprint density at radius 2 is 1.83 bits per heavy atom. The smallest absolute Gasteiger partial charge is 0.159 e. The number of carbonyl (C=O) groups is 1. The van der Waals surface area contributed by atoms with Crippen molar-refractivity contribution in [1.29, 1.82) is 0 Å². The van der Waals surface area contributed by atoms with Crippen LogP contribution < -0.4 is 9.64 Å². The molecule has 126 valence electrons. The van der Waals surface area contributed by atoms with Crippen LogP contribution in [0.5, 0.6) is 5.75 Å². The third-order valence-electron chi connectivity index (χ3n) is 4.87. The Balaban J connectivity index is 2.10. The van der Waals surface area contributed by atoms with Crippen molar-refractivity contribution in [2.24, 2.45) is 0 Å². The van der Waals surface area contributed by atoms with Crippen molar-refractivity contribution in [3.05, 3.63) is 23.3 Å². The van der Waals surface area contributed by atoms with Gasteiger partial charge in [-0.2, -0.15) is 0 Å². The molecule has 0 spiro atoms. The van der Waals surface area contributed by atoms with Crippen molar-refractivity contribution in [3.63, 3.8) is 0 Å². The standard InChI is InChI=1S/C19H27NO3/c1-12(21)13-8-16(19(2,3)4)18(22-5)17(9-13)20-10-14-6-7-15(11-20)23-14/h8-9,14-15H,6-7,10-11H2,1-5H3/t14-,15?/m1/s1. The van der Waals surface area contributed by atoms with E-state index in [-0.39, 0.29) is 11.2 Å². The van der Waals surface area contributed by atoms with E-state index in [0.717, 1.165) is 48.5 Å². The monoisotopic (exact) mass is 317 g/mol. The lowest BCUT2D eigenvalue weighted by atomic mass is 9.84. The number of benzene rings is 1. The Hall–Kier alpha value is -1.55. The fraction of sp³-hybridized carbons (Fsp3) is 0.632. The second-order valence-corrected chi connectivity index (χ2v) is 7.74. The van der Waals surface area contributed by atoms with Crippen LogP contribution in [0.15, 0.2) is 12.1 Å². The fourth-order valence-electron chi connectivity index (χ4n) is 3.63. The lowest BCUT2D eigenvalue weighted by Gasteiger charge is -2.36. The highest BCUT2D eigenvalue weighted by atomic mass is 16.5. The zero-order chi connectivity index (χ0) is 16.8. The first-order valence-electron chi connectivity index (χ1n) is 8.43. The summed E-state index contributed by atoms with van der Waals surface area (Å²) < 4.78 is 11.7. The van der Waals surface area contributed by atoms with Gasteiger partial charge in [0.1, 0.15) is 5.75 Å². The zero-order valence-corrected chi connectivity index (χ0v) is 14.8. The first kappa shape index (κ1) is 16.3. The molecule has 2 heterocycles. The molecule has 1 unspecified atom stereocenters. The number of methoxy groups -OCH3 is 1. The first-order chi connectivity index (χ1) is 10.8. The Morgan fingerprint density at radius 1 is 1.22 bits per heavy atom. The molecule has 0 saturated carbocycles. The van der Waals surface area contributed by atoms with Crippen molar-refractivity contribution in [3.8, 4) is 5.75 Å². The zero-order valence-electron chi connectivity index (χ0n) is 14.8. The Bertz CT molecular complexity index is 606. The summed E-state index contributed by atoms with van der Waals surface area (Å²) >= 11 is 0. The normalized spacial score (nSPS) is 24.0. The average molecular weight is 317 g/mol.